The standard InChI is InChI=1S/C6H5Br.C2H6N2O/c7-6-4-2-1-3-5-6;1-2(5)4-3/h1-5H;3H2,1H3,(H,4,5). The van der Waals surface area contributed by atoms with Gasteiger partial charge >= 0.3 is 0 Å². The highest BCUT2D eigenvalue weighted by Crippen LogP contribution is 2.05. The Hall–Kier alpha value is -0.870. The lowest BCUT2D eigenvalue weighted by molar-refractivity contribution is -0.119. The molecule has 0 spiro atoms. The zero-order valence-corrected chi connectivity index (χ0v) is 8.34. The number of carbonyl (C=O) groups is 1. The van der Waals surface area contributed by atoms with E-state index in [1.165, 1.54) is 6.92 Å². The van der Waals surface area contributed by atoms with Crippen molar-refractivity contribution in [2.45, 2.75) is 6.92 Å². The fourth-order valence-corrected chi connectivity index (χ4v) is 0.720. The van der Waals surface area contributed by atoms with E-state index < -0.39 is 0 Å². The average molecular weight is 231 g/mol. The van der Waals surface area contributed by atoms with Crippen LogP contribution in [0.4, 0.5) is 0 Å². The van der Waals surface area contributed by atoms with E-state index in [4.69, 9.17) is 0 Å². The number of benzene rings is 1. The zero-order valence-electron chi connectivity index (χ0n) is 6.75. The first-order chi connectivity index (χ1) is 5.66. The third-order valence-corrected chi connectivity index (χ3v) is 1.47. The topological polar surface area (TPSA) is 55.1 Å². The van der Waals surface area contributed by atoms with E-state index in [0.29, 0.717) is 0 Å². The average Bonchev–Trinajstić information content (AvgIpc) is 2.07. The molecule has 0 radical (unpaired) electrons. The highest BCUT2D eigenvalue weighted by Gasteiger charge is 1.74. The number of hydrogen-bond acceptors (Lipinski definition) is 2. The molecule has 3 nitrogen and oxygen atoms in total. The molecule has 0 unspecified atom stereocenters. The highest BCUT2D eigenvalue weighted by molar-refractivity contribution is 9.10. The molecule has 4 heteroatoms. The largest absolute Gasteiger partial charge is 0.295 e. The lowest BCUT2D eigenvalue weighted by Gasteiger charge is -1.80. The third-order valence-electron chi connectivity index (χ3n) is 0.936. The normalized spacial score (nSPS) is 7.92. The summed E-state index contributed by atoms with van der Waals surface area (Å²) < 4.78 is 1.13. The smallest absolute Gasteiger partial charge is 0.230 e. The summed E-state index contributed by atoms with van der Waals surface area (Å²) in [6.45, 7) is 1.35. The molecule has 0 saturated heterocycles. The van der Waals surface area contributed by atoms with Crippen molar-refractivity contribution in [3.63, 3.8) is 0 Å². The molecule has 0 aliphatic rings. The number of amides is 1. The minimum absolute atomic E-state index is 0.218. The van der Waals surface area contributed by atoms with Crippen LogP contribution in [-0.2, 0) is 4.79 Å². The van der Waals surface area contributed by atoms with Gasteiger partial charge < -0.3 is 0 Å². The number of halogens is 1. The number of nitrogens with one attached hydrogen (secondary N) is 1. The van der Waals surface area contributed by atoms with Crippen LogP contribution in [0.25, 0.3) is 0 Å². The zero-order chi connectivity index (χ0) is 9.40. The molecule has 0 heterocycles. The van der Waals surface area contributed by atoms with E-state index in [1.54, 1.807) is 0 Å². The third kappa shape index (κ3) is 7.24. The Morgan fingerprint density at radius 3 is 2.00 bits per heavy atom. The fourth-order valence-electron chi connectivity index (χ4n) is 0.415. The van der Waals surface area contributed by atoms with Gasteiger partial charge in [0, 0.05) is 11.4 Å². The van der Waals surface area contributed by atoms with E-state index in [-0.39, 0.29) is 5.91 Å². The highest BCUT2D eigenvalue weighted by atomic mass is 79.9. The van der Waals surface area contributed by atoms with Crippen molar-refractivity contribution in [1.82, 2.24) is 5.43 Å². The SMILES string of the molecule is Brc1ccccc1.CC(=O)NN. The molecular formula is C8H11BrN2O. The van der Waals surface area contributed by atoms with E-state index in [0.717, 1.165) is 4.47 Å². The molecule has 0 saturated carbocycles. The predicted molar refractivity (Wildman–Crippen MR) is 52.1 cm³/mol. The molecule has 0 aromatic heterocycles. The van der Waals surface area contributed by atoms with Gasteiger partial charge in [-0.15, -0.1) is 0 Å². The second kappa shape index (κ2) is 6.82. The van der Waals surface area contributed by atoms with Gasteiger partial charge in [-0.2, -0.15) is 0 Å². The molecule has 0 bridgehead atoms. The van der Waals surface area contributed by atoms with Gasteiger partial charge in [-0.1, -0.05) is 34.1 Å². The maximum Gasteiger partial charge on any atom is 0.230 e. The summed E-state index contributed by atoms with van der Waals surface area (Å²) in [5.41, 5.74) is 1.89. The first-order valence-electron chi connectivity index (χ1n) is 3.34. The molecule has 0 atom stereocenters. The molecular weight excluding hydrogens is 220 g/mol. The number of rotatable bonds is 0. The summed E-state index contributed by atoms with van der Waals surface area (Å²) in [5.74, 6) is 4.35. The van der Waals surface area contributed by atoms with Crippen LogP contribution >= 0.6 is 15.9 Å². The van der Waals surface area contributed by atoms with Gasteiger partial charge in [0.1, 0.15) is 0 Å². The van der Waals surface area contributed by atoms with Gasteiger partial charge in [-0.25, -0.2) is 5.84 Å². The maximum absolute atomic E-state index is 9.58. The van der Waals surface area contributed by atoms with Crippen LogP contribution in [0, 0.1) is 0 Å². The number of nitrogens with two attached hydrogens (primary N) is 1. The molecule has 1 aromatic carbocycles. The summed E-state index contributed by atoms with van der Waals surface area (Å²) in [7, 11) is 0. The van der Waals surface area contributed by atoms with Gasteiger partial charge in [0.2, 0.25) is 5.91 Å². The second-order valence-electron chi connectivity index (χ2n) is 2.00. The van der Waals surface area contributed by atoms with E-state index in [1.807, 2.05) is 35.8 Å². The first kappa shape index (κ1) is 11.1. The van der Waals surface area contributed by atoms with E-state index >= 15 is 0 Å². The Labute approximate surface area is 80.1 Å². The number of hydrogen-bond donors (Lipinski definition) is 2. The minimum Gasteiger partial charge on any atom is -0.295 e. The van der Waals surface area contributed by atoms with Crippen LogP contribution in [-0.4, -0.2) is 5.91 Å². The summed E-state index contributed by atoms with van der Waals surface area (Å²) >= 11 is 3.31. The van der Waals surface area contributed by atoms with Crippen LogP contribution in [0.2, 0.25) is 0 Å². The fraction of sp³-hybridized carbons (Fsp3) is 0.125. The van der Waals surface area contributed by atoms with Crippen molar-refractivity contribution in [1.29, 1.82) is 0 Å². The Morgan fingerprint density at radius 1 is 1.42 bits per heavy atom. The Bertz CT molecular complexity index is 226. The van der Waals surface area contributed by atoms with Gasteiger partial charge in [-0.05, 0) is 12.1 Å². The summed E-state index contributed by atoms with van der Waals surface area (Å²) in [6.07, 6.45) is 0. The van der Waals surface area contributed by atoms with Crippen LogP contribution in [0.1, 0.15) is 6.92 Å². The van der Waals surface area contributed by atoms with Crippen LogP contribution in [0.5, 0.6) is 0 Å². The van der Waals surface area contributed by atoms with Crippen molar-refractivity contribution in [3.8, 4) is 0 Å². The first-order valence-corrected chi connectivity index (χ1v) is 4.14. The summed E-state index contributed by atoms with van der Waals surface area (Å²) in [5, 5.41) is 0. The van der Waals surface area contributed by atoms with Gasteiger partial charge in [0.25, 0.3) is 0 Å². The second-order valence-corrected chi connectivity index (χ2v) is 2.91. The molecule has 0 aliphatic carbocycles. The van der Waals surface area contributed by atoms with Crippen molar-refractivity contribution >= 4 is 21.8 Å². The Kier molecular flexibility index (Phi) is 6.32. The minimum atomic E-state index is -0.218. The van der Waals surface area contributed by atoms with Crippen molar-refractivity contribution in [2.75, 3.05) is 0 Å². The lowest BCUT2D eigenvalue weighted by Crippen LogP contribution is -2.26. The van der Waals surface area contributed by atoms with Crippen molar-refractivity contribution in [2.24, 2.45) is 5.84 Å². The molecule has 0 aliphatic heterocycles. The molecule has 12 heavy (non-hydrogen) atoms. The monoisotopic (exact) mass is 230 g/mol. The Morgan fingerprint density at radius 2 is 1.83 bits per heavy atom. The molecule has 1 amide bonds. The molecule has 1 aromatic rings. The van der Waals surface area contributed by atoms with Crippen molar-refractivity contribution < 1.29 is 4.79 Å². The molecule has 1 rings (SSSR count). The van der Waals surface area contributed by atoms with E-state index in [9.17, 15) is 4.79 Å². The number of carbonyl (C=O) groups excluding carboxylic acids is 1. The number of hydrazine groups is 1. The Balaban J connectivity index is 0.000000217. The van der Waals surface area contributed by atoms with Gasteiger partial charge in [0.15, 0.2) is 0 Å². The molecule has 66 valence electrons. The van der Waals surface area contributed by atoms with E-state index in [2.05, 4.69) is 21.8 Å². The summed E-state index contributed by atoms with van der Waals surface area (Å²) in [4.78, 5) is 9.58. The van der Waals surface area contributed by atoms with Crippen LogP contribution in [0.3, 0.4) is 0 Å². The maximum atomic E-state index is 9.58. The van der Waals surface area contributed by atoms with Gasteiger partial charge in [0.05, 0.1) is 0 Å². The summed E-state index contributed by atoms with van der Waals surface area (Å²) in [6, 6.07) is 9.97. The quantitative estimate of drug-likeness (QED) is 0.403. The molecule has 0 fully saturated rings. The molecule has 3 N–H and O–H groups in total. The lowest BCUT2D eigenvalue weighted by atomic mass is 10.4. The van der Waals surface area contributed by atoms with Crippen LogP contribution in [0.15, 0.2) is 34.8 Å². The van der Waals surface area contributed by atoms with Crippen LogP contribution < -0.4 is 11.3 Å². The predicted octanol–water partition coefficient (Wildman–Crippen LogP) is 1.45. The van der Waals surface area contributed by atoms with Crippen molar-refractivity contribution in [3.05, 3.63) is 34.8 Å². The van der Waals surface area contributed by atoms with Gasteiger partial charge in [-0.3, -0.25) is 10.2 Å².